The third kappa shape index (κ3) is 5.14. The number of nitriles is 1. The second kappa shape index (κ2) is 7.42. The molecule has 1 aromatic carbocycles. The molecule has 0 fully saturated rings. The summed E-state index contributed by atoms with van der Waals surface area (Å²) in [6.07, 6.45) is 0.906. The fourth-order valence-electron chi connectivity index (χ4n) is 1.26. The van der Waals surface area contributed by atoms with Crippen molar-refractivity contribution in [3.8, 4) is 6.07 Å². The topological polar surface area (TPSA) is 62.1 Å². The molecule has 1 N–H and O–H groups in total. The lowest BCUT2D eigenvalue weighted by molar-refractivity contribution is -0.125. The average Bonchev–Trinajstić information content (AvgIpc) is 2.37. The maximum Gasteiger partial charge on any atom is 0.246 e. The molecule has 0 saturated carbocycles. The van der Waals surface area contributed by atoms with Crippen LogP contribution in [0, 0.1) is 11.3 Å². The number of ether oxygens (including phenoxy) is 1. The Kier molecular flexibility index (Phi) is 5.76. The van der Waals surface area contributed by atoms with Crippen LogP contribution in [0.15, 0.2) is 24.3 Å². The molecule has 0 unspecified atom stereocenters. The summed E-state index contributed by atoms with van der Waals surface area (Å²) in [6.45, 7) is 3.16. The number of amides is 1. The van der Waals surface area contributed by atoms with Crippen molar-refractivity contribution in [2.75, 3.05) is 13.2 Å². The van der Waals surface area contributed by atoms with Gasteiger partial charge in [0, 0.05) is 13.2 Å². The summed E-state index contributed by atoms with van der Waals surface area (Å²) >= 11 is 0. The highest BCUT2D eigenvalue weighted by atomic mass is 16.5. The van der Waals surface area contributed by atoms with Gasteiger partial charge in [0.1, 0.15) is 6.61 Å². The highest BCUT2D eigenvalue weighted by Gasteiger charge is 2.01. The lowest BCUT2D eigenvalue weighted by Gasteiger charge is -2.05. The zero-order chi connectivity index (χ0) is 12.5. The molecule has 0 heterocycles. The van der Waals surface area contributed by atoms with Gasteiger partial charge in [-0.3, -0.25) is 4.79 Å². The predicted molar refractivity (Wildman–Crippen MR) is 64.1 cm³/mol. The highest BCUT2D eigenvalue weighted by Crippen LogP contribution is 2.02. The van der Waals surface area contributed by atoms with Crippen molar-refractivity contribution >= 4 is 5.91 Å². The fraction of sp³-hybridized carbons (Fsp3) is 0.385. The minimum atomic E-state index is -0.122. The number of carbonyl (C=O) groups is 1. The van der Waals surface area contributed by atoms with Crippen LogP contribution in [0.1, 0.15) is 24.5 Å². The lowest BCUT2D eigenvalue weighted by atomic mass is 10.1. The van der Waals surface area contributed by atoms with Gasteiger partial charge in [0.2, 0.25) is 5.91 Å². The van der Waals surface area contributed by atoms with Gasteiger partial charge in [-0.2, -0.15) is 5.26 Å². The molecule has 0 radical (unpaired) electrons. The van der Waals surface area contributed by atoms with E-state index in [-0.39, 0.29) is 12.5 Å². The van der Waals surface area contributed by atoms with Crippen molar-refractivity contribution < 1.29 is 9.53 Å². The van der Waals surface area contributed by atoms with E-state index in [2.05, 4.69) is 5.32 Å². The van der Waals surface area contributed by atoms with Crippen LogP contribution in [0.3, 0.4) is 0 Å². The van der Waals surface area contributed by atoms with E-state index in [1.54, 1.807) is 12.1 Å². The van der Waals surface area contributed by atoms with Gasteiger partial charge < -0.3 is 10.1 Å². The monoisotopic (exact) mass is 232 g/mol. The van der Waals surface area contributed by atoms with Gasteiger partial charge in [-0.1, -0.05) is 19.1 Å². The van der Waals surface area contributed by atoms with Crippen molar-refractivity contribution in [3.05, 3.63) is 35.4 Å². The Morgan fingerprint density at radius 2 is 2.12 bits per heavy atom. The molecule has 0 aliphatic carbocycles. The molecule has 1 amide bonds. The van der Waals surface area contributed by atoms with E-state index in [9.17, 15) is 4.79 Å². The van der Waals surface area contributed by atoms with E-state index in [1.807, 2.05) is 25.1 Å². The second-order valence-corrected chi connectivity index (χ2v) is 3.64. The number of hydrogen-bond donors (Lipinski definition) is 1. The quantitative estimate of drug-likeness (QED) is 0.758. The molecule has 0 aliphatic rings. The molecule has 1 rings (SSSR count). The molecular weight excluding hydrogens is 216 g/mol. The minimum absolute atomic E-state index is 0.101. The third-order valence-electron chi connectivity index (χ3n) is 2.15. The maximum atomic E-state index is 11.3. The van der Waals surface area contributed by atoms with Crippen molar-refractivity contribution in [1.82, 2.24) is 5.32 Å². The lowest BCUT2D eigenvalue weighted by Crippen LogP contribution is -2.27. The molecule has 0 aliphatic heterocycles. The van der Waals surface area contributed by atoms with E-state index in [1.165, 1.54) is 0 Å². The molecule has 90 valence electrons. The van der Waals surface area contributed by atoms with E-state index in [0.717, 1.165) is 12.0 Å². The van der Waals surface area contributed by atoms with E-state index < -0.39 is 0 Å². The predicted octanol–water partition coefficient (Wildman–Crippen LogP) is 1.60. The molecule has 1 aromatic rings. The largest absolute Gasteiger partial charge is 0.372 e. The molecule has 4 nitrogen and oxygen atoms in total. The zero-order valence-electron chi connectivity index (χ0n) is 9.90. The van der Waals surface area contributed by atoms with Gasteiger partial charge in [0.25, 0.3) is 0 Å². The first-order valence-corrected chi connectivity index (χ1v) is 5.59. The molecular formula is C13H16N2O2. The van der Waals surface area contributed by atoms with Crippen LogP contribution < -0.4 is 5.32 Å². The van der Waals surface area contributed by atoms with Gasteiger partial charge in [0.05, 0.1) is 11.6 Å². The van der Waals surface area contributed by atoms with Crippen molar-refractivity contribution in [2.45, 2.75) is 19.9 Å². The summed E-state index contributed by atoms with van der Waals surface area (Å²) in [5.74, 6) is -0.122. The smallest absolute Gasteiger partial charge is 0.246 e. The number of nitrogens with zero attached hydrogens (tertiary/aromatic N) is 1. The molecule has 0 saturated heterocycles. The van der Waals surface area contributed by atoms with Gasteiger partial charge >= 0.3 is 0 Å². The summed E-state index contributed by atoms with van der Waals surface area (Å²) < 4.78 is 5.11. The molecule has 17 heavy (non-hydrogen) atoms. The van der Waals surface area contributed by atoms with Crippen molar-refractivity contribution in [1.29, 1.82) is 5.26 Å². The summed E-state index contributed by atoms with van der Waals surface area (Å²) in [5.41, 5.74) is 1.58. The summed E-state index contributed by atoms with van der Waals surface area (Å²) in [7, 11) is 0. The Hall–Kier alpha value is -1.86. The van der Waals surface area contributed by atoms with Gasteiger partial charge in [-0.05, 0) is 24.1 Å². The van der Waals surface area contributed by atoms with Gasteiger partial charge in [-0.25, -0.2) is 0 Å². The molecule has 4 heteroatoms. The normalized spacial score (nSPS) is 9.65. The van der Waals surface area contributed by atoms with Crippen LogP contribution in [0.5, 0.6) is 0 Å². The molecule has 0 spiro atoms. The Morgan fingerprint density at radius 3 is 2.71 bits per heavy atom. The molecule has 0 aromatic heterocycles. The second-order valence-electron chi connectivity index (χ2n) is 3.64. The fourth-order valence-corrected chi connectivity index (χ4v) is 1.26. The summed E-state index contributed by atoms with van der Waals surface area (Å²) in [4.78, 5) is 11.3. The van der Waals surface area contributed by atoms with Gasteiger partial charge in [-0.15, -0.1) is 0 Å². The Balaban J connectivity index is 2.30. The summed E-state index contributed by atoms with van der Waals surface area (Å²) in [5, 5.41) is 11.4. The van der Waals surface area contributed by atoms with Crippen LogP contribution >= 0.6 is 0 Å². The number of benzene rings is 1. The first-order chi connectivity index (χ1) is 8.26. The van der Waals surface area contributed by atoms with Crippen LogP contribution in [-0.4, -0.2) is 19.1 Å². The third-order valence-corrected chi connectivity index (χ3v) is 2.15. The first-order valence-electron chi connectivity index (χ1n) is 5.59. The van der Waals surface area contributed by atoms with E-state index in [0.29, 0.717) is 18.7 Å². The number of hydrogen-bond acceptors (Lipinski definition) is 3. The van der Waals surface area contributed by atoms with Crippen LogP contribution in [0.2, 0.25) is 0 Å². The number of nitrogens with one attached hydrogen (secondary N) is 1. The maximum absolute atomic E-state index is 11.3. The van der Waals surface area contributed by atoms with Crippen LogP contribution in [0.4, 0.5) is 0 Å². The standard InChI is InChI=1S/C13H16N2O2/c1-2-7-17-10-13(16)15-9-12-5-3-11(8-14)4-6-12/h3-6H,2,7,9-10H2,1H3,(H,15,16). The van der Waals surface area contributed by atoms with E-state index in [4.69, 9.17) is 10.00 Å². The SMILES string of the molecule is CCCOCC(=O)NCc1ccc(C#N)cc1. The molecule has 0 bridgehead atoms. The van der Waals surface area contributed by atoms with Gasteiger partial charge in [0.15, 0.2) is 0 Å². The van der Waals surface area contributed by atoms with Crippen molar-refractivity contribution in [3.63, 3.8) is 0 Å². The minimum Gasteiger partial charge on any atom is -0.372 e. The van der Waals surface area contributed by atoms with E-state index >= 15 is 0 Å². The zero-order valence-corrected chi connectivity index (χ0v) is 9.90. The Labute approximate surface area is 101 Å². The first kappa shape index (κ1) is 13.2. The average molecular weight is 232 g/mol. The highest BCUT2D eigenvalue weighted by molar-refractivity contribution is 5.77. The molecule has 0 atom stereocenters. The Bertz CT molecular complexity index is 393. The summed E-state index contributed by atoms with van der Waals surface area (Å²) in [6, 6.07) is 9.16. The Morgan fingerprint density at radius 1 is 1.41 bits per heavy atom. The van der Waals surface area contributed by atoms with Crippen LogP contribution in [-0.2, 0) is 16.1 Å². The van der Waals surface area contributed by atoms with Crippen LogP contribution in [0.25, 0.3) is 0 Å². The number of carbonyl (C=O) groups excluding carboxylic acids is 1. The van der Waals surface area contributed by atoms with Crippen molar-refractivity contribution in [2.24, 2.45) is 0 Å². The number of rotatable bonds is 6.